The van der Waals surface area contributed by atoms with Crippen molar-refractivity contribution in [1.29, 1.82) is 0 Å². The van der Waals surface area contributed by atoms with Gasteiger partial charge in [0.15, 0.2) is 0 Å². The van der Waals surface area contributed by atoms with Gasteiger partial charge in [0.1, 0.15) is 0 Å². The van der Waals surface area contributed by atoms with Gasteiger partial charge >= 0.3 is 0 Å². The molecule has 0 spiro atoms. The minimum atomic E-state index is 0.326. The maximum absolute atomic E-state index is 5.85. The number of rotatable bonds is 1. The molecule has 0 saturated carbocycles. The van der Waals surface area contributed by atoms with Crippen LogP contribution >= 0.6 is 11.6 Å². The van der Waals surface area contributed by atoms with E-state index >= 15 is 0 Å². The van der Waals surface area contributed by atoms with Gasteiger partial charge in [-0.25, -0.2) is 9.97 Å². The van der Waals surface area contributed by atoms with Crippen LogP contribution in [0.1, 0.15) is 25.5 Å². The van der Waals surface area contributed by atoms with Crippen molar-refractivity contribution in [3.8, 4) is 0 Å². The summed E-state index contributed by atoms with van der Waals surface area (Å²) >= 11 is 5.85. The third-order valence-corrected chi connectivity index (χ3v) is 2.32. The summed E-state index contributed by atoms with van der Waals surface area (Å²) in [6, 6.07) is 7.93. The summed E-state index contributed by atoms with van der Waals surface area (Å²) < 4.78 is 0. The van der Waals surface area contributed by atoms with Crippen LogP contribution < -0.4 is 0 Å². The first-order valence-electron chi connectivity index (χ1n) is 4.60. The second-order valence-electron chi connectivity index (χ2n) is 3.55. The molecule has 0 atom stereocenters. The van der Waals surface area contributed by atoms with E-state index in [1.54, 1.807) is 0 Å². The quantitative estimate of drug-likeness (QED) is 0.669. The standard InChI is InChI=1S/C11H11ClN2/c1-7(2)10-8-5-3-4-6-9(8)13-11(12)14-10/h3-7H,1-2H3. The lowest BCUT2D eigenvalue weighted by molar-refractivity contribution is 0.829. The molecule has 14 heavy (non-hydrogen) atoms. The molecule has 3 heteroatoms. The first-order chi connectivity index (χ1) is 6.68. The Labute approximate surface area is 88.0 Å². The van der Waals surface area contributed by atoms with Gasteiger partial charge in [0, 0.05) is 5.39 Å². The Bertz CT molecular complexity index is 466. The van der Waals surface area contributed by atoms with Gasteiger partial charge in [-0.3, -0.25) is 0 Å². The average molecular weight is 207 g/mol. The highest BCUT2D eigenvalue weighted by Gasteiger charge is 2.08. The molecule has 2 nitrogen and oxygen atoms in total. The van der Waals surface area contributed by atoms with Crippen LogP contribution in [0, 0.1) is 0 Å². The van der Waals surface area contributed by atoms with E-state index in [0.717, 1.165) is 16.6 Å². The van der Waals surface area contributed by atoms with Crippen LogP contribution in [0.2, 0.25) is 5.28 Å². The van der Waals surface area contributed by atoms with Crippen molar-refractivity contribution >= 4 is 22.5 Å². The highest BCUT2D eigenvalue weighted by atomic mass is 35.5. The fraction of sp³-hybridized carbons (Fsp3) is 0.273. The summed E-state index contributed by atoms with van der Waals surface area (Å²) in [4.78, 5) is 8.43. The maximum Gasteiger partial charge on any atom is 0.223 e. The van der Waals surface area contributed by atoms with Crippen molar-refractivity contribution in [3.05, 3.63) is 35.2 Å². The molecule has 0 saturated heterocycles. The number of nitrogens with zero attached hydrogens (tertiary/aromatic N) is 2. The van der Waals surface area contributed by atoms with E-state index in [4.69, 9.17) is 11.6 Å². The van der Waals surface area contributed by atoms with E-state index in [1.807, 2.05) is 24.3 Å². The first kappa shape index (κ1) is 9.41. The molecule has 0 radical (unpaired) electrons. The minimum Gasteiger partial charge on any atom is -0.222 e. The zero-order valence-corrected chi connectivity index (χ0v) is 8.92. The van der Waals surface area contributed by atoms with Crippen LogP contribution in [-0.4, -0.2) is 9.97 Å². The normalized spacial score (nSPS) is 11.1. The number of para-hydroxylation sites is 1. The van der Waals surface area contributed by atoms with Crippen LogP contribution in [-0.2, 0) is 0 Å². The second kappa shape index (κ2) is 3.54. The van der Waals surface area contributed by atoms with Gasteiger partial charge in [-0.05, 0) is 23.6 Å². The Kier molecular flexibility index (Phi) is 2.38. The molecule has 0 aliphatic heterocycles. The fourth-order valence-corrected chi connectivity index (χ4v) is 1.69. The van der Waals surface area contributed by atoms with Gasteiger partial charge in [0.25, 0.3) is 0 Å². The minimum absolute atomic E-state index is 0.326. The summed E-state index contributed by atoms with van der Waals surface area (Å²) in [7, 11) is 0. The summed E-state index contributed by atoms with van der Waals surface area (Å²) in [5.41, 5.74) is 1.93. The lowest BCUT2D eigenvalue weighted by Crippen LogP contribution is -1.96. The summed E-state index contributed by atoms with van der Waals surface area (Å²) in [5.74, 6) is 0.361. The average Bonchev–Trinajstić information content (AvgIpc) is 2.16. The Balaban J connectivity index is 2.80. The molecule has 72 valence electrons. The molecule has 0 aliphatic rings. The van der Waals surface area contributed by atoms with Crippen molar-refractivity contribution < 1.29 is 0 Å². The predicted molar refractivity (Wildman–Crippen MR) is 58.6 cm³/mol. The molecule has 0 fully saturated rings. The van der Waals surface area contributed by atoms with Crippen molar-refractivity contribution in [2.45, 2.75) is 19.8 Å². The highest BCUT2D eigenvalue weighted by molar-refractivity contribution is 6.28. The molecular formula is C11H11ClN2. The molecule has 1 aromatic carbocycles. The van der Waals surface area contributed by atoms with Gasteiger partial charge in [-0.2, -0.15) is 0 Å². The van der Waals surface area contributed by atoms with Crippen molar-refractivity contribution in [2.24, 2.45) is 0 Å². The van der Waals surface area contributed by atoms with Crippen LogP contribution in [0.4, 0.5) is 0 Å². The van der Waals surface area contributed by atoms with Gasteiger partial charge in [0.2, 0.25) is 5.28 Å². The van der Waals surface area contributed by atoms with Crippen LogP contribution in [0.25, 0.3) is 10.9 Å². The molecule has 0 aliphatic carbocycles. The smallest absolute Gasteiger partial charge is 0.222 e. The summed E-state index contributed by atoms with van der Waals surface area (Å²) in [5, 5.41) is 1.42. The largest absolute Gasteiger partial charge is 0.223 e. The zero-order valence-electron chi connectivity index (χ0n) is 8.16. The van der Waals surface area contributed by atoms with Gasteiger partial charge < -0.3 is 0 Å². The SMILES string of the molecule is CC(C)c1nc(Cl)nc2ccccc12. The van der Waals surface area contributed by atoms with Gasteiger partial charge in [-0.1, -0.05) is 32.0 Å². The molecular weight excluding hydrogens is 196 g/mol. The lowest BCUT2D eigenvalue weighted by Gasteiger charge is -2.08. The molecule has 1 aromatic heterocycles. The molecule has 2 aromatic rings. The molecule has 0 N–H and O–H groups in total. The molecule has 2 rings (SSSR count). The predicted octanol–water partition coefficient (Wildman–Crippen LogP) is 3.41. The van der Waals surface area contributed by atoms with E-state index in [0.29, 0.717) is 11.2 Å². The number of benzene rings is 1. The van der Waals surface area contributed by atoms with E-state index in [2.05, 4.69) is 23.8 Å². The third kappa shape index (κ3) is 1.58. The van der Waals surface area contributed by atoms with E-state index in [9.17, 15) is 0 Å². The number of halogens is 1. The number of hydrogen-bond acceptors (Lipinski definition) is 2. The number of fused-ring (bicyclic) bond motifs is 1. The zero-order chi connectivity index (χ0) is 10.1. The van der Waals surface area contributed by atoms with Crippen molar-refractivity contribution in [3.63, 3.8) is 0 Å². The van der Waals surface area contributed by atoms with E-state index < -0.39 is 0 Å². The van der Waals surface area contributed by atoms with Crippen molar-refractivity contribution in [2.75, 3.05) is 0 Å². The molecule has 0 amide bonds. The highest BCUT2D eigenvalue weighted by Crippen LogP contribution is 2.23. The van der Waals surface area contributed by atoms with Crippen LogP contribution in [0.3, 0.4) is 0 Å². The summed E-state index contributed by atoms with van der Waals surface area (Å²) in [6.45, 7) is 4.20. The summed E-state index contributed by atoms with van der Waals surface area (Å²) in [6.07, 6.45) is 0. The lowest BCUT2D eigenvalue weighted by atomic mass is 10.1. The topological polar surface area (TPSA) is 25.8 Å². The number of aromatic nitrogens is 2. The fourth-order valence-electron chi connectivity index (χ4n) is 1.51. The monoisotopic (exact) mass is 206 g/mol. The Morgan fingerprint density at radius 2 is 1.86 bits per heavy atom. The molecule has 0 unspecified atom stereocenters. The Morgan fingerprint density at radius 1 is 1.14 bits per heavy atom. The van der Waals surface area contributed by atoms with Crippen LogP contribution in [0.15, 0.2) is 24.3 Å². The number of hydrogen-bond donors (Lipinski definition) is 0. The Morgan fingerprint density at radius 3 is 2.57 bits per heavy atom. The maximum atomic E-state index is 5.85. The van der Waals surface area contributed by atoms with Crippen LogP contribution in [0.5, 0.6) is 0 Å². The molecule has 0 bridgehead atoms. The van der Waals surface area contributed by atoms with Crippen molar-refractivity contribution in [1.82, 2.24) is 9.97 Å². The van der Waals surface area contributed by atoms with Gasteiger partial charge in [0.05, 0.1) is 11.2 Å². The first-order valence-corrected chi connectivity index (χ1v) is 4.98. The Hall–Kier alpha value is -1.15. The second-order valence-corrected chi connectivity index (χ2v) is 3.89. The third-order valence-electron chi connectivity index (χ3n) is 2.15. The van der Waals surface area contributed by atoms with E-state index in [1.165, 1.54) is 0 Å². The molecule has 1 heterocycles. The van der Waals surface area contributed by atoms with E-state index in [-0.39, 0.29) is 0 Å². The van der Waals surface area contributed by atoms with Gasteiger partial charge in [-0.15, -0.1) is 0 Å².